The topological polar surface area (TPSA) is 98.0 Å². The van der Waals surface area contributed by atoms with Gasteiger partial charge in [0.05, 0.1) is 24.2 Å². The number of carbonyl (C=O) groups is 1. The number of fused-ring (bicyclic) bond motifs is 5. The average Bonchev–Trinajstić information content (AvgIpc) is 3.10. The number of hydrogen-bond donors (Lipinski definition) is 4. The molecule has 0 heterocycles. The van der Waals surface area contributed by atoms with Crippen molar-refractivity contribution in [2.45, 2.75) is 110 Å². The van der Waals surface area contributed by atoms with Crippen LogP contribution in [0.5, 0.6) is 0 Å². The first-order chi connectivity index (χ1) is 15.0. The van der Waals surface area contributed by atoms with Crippen molar-refractivity contribution in [1.82, 2.24) is 0 Å². The molecule has 1 unspecified atom stereocenters. The molecule has 0 aromatic heterocycles. The van der Waals surface area contributed by atoms with Crippen molar-refractivity contribution in [2.24, 2.45) is 52.3 Å². The van der Waals surface area contributed by atoms with E-state index in [-0.39, 0.29) is 34.7 Å². The lowest BCUT2D eigenvalue weighted by Gasteiger charge is -2.63. The molecule has 32 heavy (non-hydrogen) atoms. The quantitative estimate of drug-likeness (QED) is 0.478. The number of aliphatic hydroxyl groups excluding tert-OH is 3. The van der Waals surface area contributed by atoms with Crippen LogP contribution in [0.2, 0.25) is 0 Å². The lowest BCUT2D eigenvalue weighted by molar-refractivity contribution is -0.223. The molecule has 4 rings (SSSR count). The van der Waals surface area contributed by atoms with Crippen LogP contribution in [-0.2, 0) is 4.79 Å². The molecule has 184 valence electrons. The Labute approximate surface area is 194 Å². The molecule has 4 fully saturated rings. The first-order valence-electron chi connectivity index (χ1n) is 13.3. The normalized spacial score (nSPS) is 50.1. The number of aliphatic hydroxyl groups is 3. The maximum absolute atomic E-state index is 11.4. The maximum Gasteiger partial charge on any atom is 0.306 e. The highest BCUT2D eigenvalue weighted by Gasteiger charge is 2.65. The highest BCUT2D eigenvalue weighted by Crippen LogP contribution is 2.68. The van der Waals surface area contributed by atoms with Crippen LogP contribution in [0.3, 0.4) is 0 Å². The van der Waals surface area contributed by atoms with Crippen molar-refractivity contribution in [1.29, 1.82) is 0 Å². The fraction of sp³-hybridized carbons (Fsp3) is 0.963. The molecular weight excluding hydrogens is 404 g/mol. The van der Waals surface area contributed by atoms with Gasteiger partial charge in [-0.2, -0.15) is 0 Å². The van der Waals surface area contributed by atoms with E-state index in [4.69, 9.17) is 0 Å². The lowest BCUT2D eigenvalue weighted by Crippen LogP contribution is -2.64. The molecular formula is C27H46O5. The number of carboxylic acids is 1. The predicted octanol–water partition coefficient (Wildman–Crippen LogP) is 4.47. The van der Waals surface area contributed by atoms with Crippen LogP contribution >= 0.6 is 0 Å². The number of hydrogen-bond acceptors (Lipinski definition) is 4. The van der Waals surface area contributed by atoms with Crippen LogP contribution in [0.4, 0.5) is 0 Å². The summed E-state index contributed by atoms with van der Waals surface area (Å²) < 4.78 is 0. The Kier molecular flexibility index (Phi) is 6.77. The summed E-state index contributed by atoms with van der Waals surface area (Å²) in [4.78, 5) is 11.1. The van der Waals surface area contributed by atoms with Crippen molar-refractivity contribution in [3.8, 4) is 0 Å². The van der Waals surface area contributed by atoms with Crippen LogP contribution in [0.25, 0.3) is 0 Å². The monoisotopic (exact) mass is 450 g/mol. The van der Waals surface area contributed by atoms with E-state index in [0.29, 0.717) is 30.1 Å². The zero-order valence-corrected chi connectivity index (χ0v) is 20.5. The molecule has 4 aliphatic rings. The van der Waals surface area contributed by atoms with E-state index in [1.165, 1.54) is 12.8 Å². The summed E-state index contributed by atoms with van der Waals surface area (Å²) in [6.45, 7) is 8.93. The number of aliphatic carboxylic acids is 1. The van der Waals surface area contributed by atoms with E-state index < -0.39 is 18.2 Å². The molecule has 0 bridgehead atoms. The second-order valence-electron chi connectivity index (χ2n) is 12.7. The standard InChI is InChI=1S/C27H46O5/c1-15(6-5-7-16(2)25(31)32)18-8-9-19-22-20(11-13-26(18,19)3)27(4)12-10-17(28)14-21(27)23(29)24(22)30/h15-24,28-30H,5-14H2,1-4H3,(H,31,32)/t15-,16?,17-,18-,19+,20+,21+,22+,23-,24+,26-,27-/m1/s1. The maximum atomic E-state index is 11.4. The highest BCUT2D eigenvalue weighted by atomic mass is 16.4. The first kappa shape index (κ1) is 24.5. The molecule has 4 aliphatic carbocycles. The molecule has 4 N–H and O–H groups in total. The average molecular weight is 451 g/mol. The van der Waals surface area contributed by atoms with Gasteiger partial charge in [0.25, 0.3) is 0 Å². The lowest BCUT2D eigenvalue weighted by atomic mass is 9.43. The van der Waals surface area contributed by atoms with Gasteiger partial charge in [0, 0.05) is 0 Å². The number of carboxylic acid groups (broad SMARTS) is 1. The zero-order chi connectivity index (χ0) is 23.4. The minimum Gasteiger partial charge on any atom is -0.481 e. The number of rotatable bonds is 6. The third-order valence-electron chi connectivity index (χ3n) is 11.2. The SMILES string of the molecule is CC(CCC[C@@H](C)[C@H]1CC[C@H]2[C@@H]3[C@H](O)[C@H](O)[C@@H]4C[C@H](O)CC[C@]4(C)[C@H]3CC[C@]12C)C(=O)O. The Bertz CT molecular complexity index is 696. The van der Waals surface area contributed by atoms with Crippen LogP contribution in [0.1, 0.15) is 91.9 Å². The van der Waals surface area contributed by atoms with Gasteiger partial charge in [-0.3, -0.25) is 4.79 Å². The minimum absolute atomic E-state index is 0.000736. The molecule has 0 aromatic rings. The third-order valence-corrected chi connectivity index (χ3v) is 11.2. The summed E-state index contributed by atoms with van der Waals surface area (Å²) >= 11 is 0. The van der Waals surface area contributed by atoms with E-state index in [9.17, 15) is 25.2 Å². The van der Waals surface area contributed by atoms with Gasteiger partial charge in [-0.1, -0.05) is 40.5 Å². The third kappa shape index (κ3) is 3.84. The molecule has 5 nitrogen and oxygen atoms in total. The van der Waals surface area contributed by atoms with Gasteiger partial charge in [0.2, 0.25) is 0 Å². The van der Waals surface area contributed by atoms with E-state index >= 15 is 0 Å². The van der Waals surface area contributed by atoms with E-state index in [2.05, 4.69) is 20.8 Å². The molecule has 12 atom stereocenters. The summed E-state index contributed by atoms with van der Waals surface area (Å²) in [7, 11) is 0. The van der Waals surface area contributed by atoms with Gasteiger partial charge < -0.3 is 20.4 Å². The minimum atomic E-state index is -0.729. The Morgan fingerprint density at radius 3 is 2.22 bits per heavy atom. The van der Waals surface area contributed by atoms with Crippen molar-refractivity contribution in [3.63, 3.8) is 0 Å². The Hall–Kier alpha value is -0.650. The smallest absolute Gasteiger partial charge is 0.306 e. The molecule has 4 saturated carbocycles. The van der Waals surface area contributed by atoms with Gasteiger partial charge >= 0.3 is 5.97 Å². The summed E-state index contributed by atoms with van der Waals surface area (Å²) in [5.74, 6) is 1.23. The van der Waals surface area contributed by atoms with Crippen molar-refractivity contribution >= 4 is 5.97 Å². The molecule has 0 aromatic carbocycles. The van der Waals surface area contributed by atoms with Gasteiger partial charge in [-0.25, -0.2) is 0 Å². The first-order valence-corrected chi connectivity index (χ1v) is 13.3. The molecule has 0 amide bonds. The molecule has 0 saturated heterocycles. The summed E-state index contributed by atoms with van der Waals surface area (Å²) in [5.41, 5.74) is 0.206. The van der Waals surface area contributed by atoms with Crippen molar-refractivity contribution < 1.29 is 25.2 Å². The second kappa shape index (κ2) is 8.85. The Morgan fingerprint density at radius 1 is 0.875 bits per heavy atom. The van der Waals surface area contributed by atoms with E-state index in [1.54, 1.807) is 6.92 Å². The van der Waals surface area contributed by atoms with Crippen LogP contribution < -0.4 is 0 Å². The summed E-state index contributed by atoms with van der Waals surface area (Å²) in [6, 6.07) is 0. The fourth-order valence-electron chi connectivity index (χ4n) is 9.29. The molecule has 0 radical (unpaired) electrons. The van der Waals surface area contributed by atoms with Crippen molar-refractivity contribution in [3.05, 3.63) is 0 Å². The zero-order valence-electron chi connectivity index (χ0n) is 20.5. The summed E-state index contributed by atoms with van der Waals surface area (Å²) in [5, 5.41) is 42.0. The highest BCUT2D eigenvalue weighted by molar-refractivity contribution is 5.69. The summed E-state index contributed by atoms with van der Waals surface area (Å²) in [6.07, 6.45) is 8.02. The van der Waals surface area contributed by atoms with Crippen LogP contribution in [0, 0.1) is 52.3 Å². The Balaban J connectivity index is 1.49. The molecule has 5 heteroatoms. The fourth-order valence-corrected chi connectivity index (χ4v) is 9.29. The van der Waals surface area contributed by atoms with Crippen LogP contribution in [-0.4, -0.2) is 44.7 Å². The van der Waals surface area contributed by atoms with Crippen molar-refractivity contribution in [2.75, 3.05) is 0 Å². The largest absolute Gasteiger partial charge is 0.481 e. The predicted molar refractivity (Wildman–Crippen MR) is 124 cm³/mol. The van der Waals surface area contributed by atoms with Crippen LogP contribution in [0.15, 0.2) is 0 Å². The molecule has 0 aliphatic heterocycles. The van der Waals surface area contributed by atoms with E-state index in [0.717, 1.165) is 44.9 Å². The van der Waals surface area contributed by atoms with E-state index in [1.807, 2.05) is 0 Å². The molecule has 0 spiro atoms. The van der Waals surface area contributed by atoms with Gasteiger partial charge in [0.15, 0.2) is 0 Å². The van der Waals surface area contributed by atoms with Gasteiger partial charge in [-0.05, 0) is 97.7 Å². The second-order valence-corrected chi connectivity index (χ2v) is 12.7. The van der Waals surface area contributed by atoms with Gasteiger partial charge in [0.1, 0.15) is 0 Å². The van der Waals surface area contributed by atoms with Gasteiger partial charge in [-0.15, -0.1) is 0 Å². The Morgan fingerprint density at radius 2 is 1.53 bits per heavy atom.